The van der Waals surface area contributed by atoms with Crippen LogP contribution in [0.5, 0.6) is 5.75 Å². The first-order chi connectivity index (χ1) is 9.70. The number of methoxy groups -OCH3 is 1. The highest BCUT2D eigenvalue weighted by Gasteiger charge is 2.18. The van der Waals surface area contributed by atoms with Gasteiger partial charge in [0.2, 0.25) is 0 Å². The molecule has 0 aromatic heterocycles. The van der Waals surface area contributed by atoms with E-state index >= 15 is 0 Å². The molecule has 0 spiro atoms. The first-order valence-corrected chi connectivity index (χ1v) is 7.50. The van der Waals surface area contributed by atoms with Crippen molar-refractivity contribution < 1.29 is 4.74 Å². The first-order valence-electron chi connectivity index (χ1n) is 7.09. The molecule has 1 aliphatic heterocycles. The zero-order valence-electron chi connectivity index (χ0n) is 12.0. The first kappa shape index (κ1) is 15.1. The molecule has 0 radical (unpaired) electrons. The molecule has 4 nitrogen and oxygen atoms in total. The largest absolute Gasteiger partial charge is 0.495 e. The van der Waals surface area contributed by atoms with E-state index < -0.39 is 0 Å². The average Bonchev–Trinajstić information content (AvgIpc) is 2.47. The lowest BCUT2D eigenvalue weighted by molar-refractivity contribution is 0.255. The number of nitrogens with zero attached hydrogens (tertiary/aromatic N) is 2. The maximum absolute atomic E-state index is 5.53. The monoisotopic (exact) mass is 293 g/mol. The summed E-state index contributed by atoms with van der Waals surface area (Å²) >= 11 is 4.91. The van der Waals surface area contributed by atoms with Crippen molar-refractivity contribution in [3.05, 3.63) is 24.3 Å². The van der Waals surface area contributed by atoms with Crippen LogP contribution in [0.15, 0.2) is 24.3 Å². The number of benzene rings is 1. The lowest BCUT2D eigenvalue weighted by Gasteiger charge is -2.36. The minimum atomic E-state index is 0.623. The Hall–Kier alpha value is -1.33. The molecule has 0 atom stereocenters. The summed E-state index contributed by atoms with van der Waals surface area (Å²) < 4.78 is 5.43. The molecule has 1 aromatic rings. The smallest absolute Gasteiger partial charge is 0.142 e. The number of rotatable bonds is 6. The third kappa shape index (κ3) is 4.08. The normalized spacial score (nSPS) is 16.1. The summed E-state index contributed by atoms with van der Waals surface area (Å²) in [7, 11) is 1.73. The highest BCUT2D eigenvalue weighted by molar-refractivity contribution is 7.80. The summed E-state index contributed by atoms with van der Waals surface area (Å²) in [5, 5.41) is 0. The lowest BCUT2D eigenvalue weighted by Crippen LogP contribution is -2.46. The van der Waals surface area contributed by atoms with Crippen molar-refractivity contribution in [3.63, 3.8) is 0 Å². The van der Waals surface area contributed by atoms with E-state index in [4.69, 9.17) is 22.7 Å². The molecule has 20 heavy (non-hydrogen) atoms. The Kier molecular flexibility index (Phi) is 5.61. The number of ether oxygens (including phenoxy) is 1. The topological polar surface area (TPSA) is 41.7 Å². The van der Waals surface area contributed by atoms with Crippen LogP contribution in [0.25, 0.3) is 0 Å². The van der Waals surface area contributed by atoms with E-state index in [1.807, 2.05) is 12.1 Å². The van der Waals surface area contributed by atoms with Gasteiger partial charge in [-0.15, -0.1) is 0 Å². The van der Waals surface area contributed by atoms with Crippen LogP contribution in [0.1, 0.15) is 12.8 Å². The maximum atomic E-state index is 5.53. The van der Waals surface area contributed by atoms with Gasteiger partial charge in [-0.2, -0.15) is 0 Å². The molecular weight excluding hydrogens is 270 g/mol. The fraction of sp³-hybridized carbons (Fsp3) is 0.533. The molecule has 2 rings (SSSR count). The molecule has 0 bridgehead atoms. The highest BCUT2D eigenvalue weighted by Crippen LogP contribution is 2.28. The SMILES string of the molecule is COc1ccccc1N1CCN(CCCC(N)=S)CC1. The number of thiocarbonyl (C=S) groups is 1. The van der Waals surface area contributed by atoms with Crippen molar-refractivity contribution >= 4 is 22.9 Å². The van der Waals surface area contributed by atoms with E-state index in [-0.39, 0.29) is 0 Å². The second-order valence-corrected chi connectivity index (χ2v) is 5.59. The van der Waals surface area contributed by atoms with Crippen LogP contribution < -0.4 is 15.4 Å². The number of para-hydroxylation sites is 2. The van der Waals surface area contributed by atoms with Gasteiger partial charge in [-0.3, -0.25) is 4.90 Å². The average molecular weight is 293 g/mol. The van der Waals surface area contributed by atoms with Gasteiger partial charge in [0.1, 0.15) is 5.75 Å². The van der Waals surface area contributed by atoms with Crippen molar-refractivity contribution in [1.82, 2.24) is 4.90 Å². The van der Waals surface area contributed by atoms with Gasteiger partial charge < -0.3 is 15.4 Å². The summed E-state index contributed by atoms with van der Waals surface area (Å²) in [6.07, 6.45) is 1.91. The van der Waals surface area contributed by atoms with E-state index in [0.717, 1.165) is 51.3 Å². The fourth-order valence-corrected chi connectivity index (χ4v) is 2.72. The minimum Gasteiger partial charge on any atom is -0.495 e. The molecule has 5 heteroatoms. The second kappa shape index (κ2) is 7.45. The molecule has 1 heterocycles. The molecule has 1 aliphatic rings. The molecule has 110 valence electrons. The van der Waals surface area contributed by atoms with Crippen LogP contribution in [0.3, 0.4) is 0 Å². The van der Waals surface area contributed by atoms with Gasteiger partial charge in [0, 0.05) is 26.2 Å². The molecule has 2 N–H and O–H groups in total. The molecule has 1 aromatic carbocycles. The van der Waals surface area contributed by atoms with Crippen LogP contribution in [0, 0.1) is 0 Å². The molecule has 0 aliphatic carbocycles. The van der Waals surface area contributed by atoms with Gasteiger partial charge in [-0.05, 0) is 31.5 Å². The van der Waals surface area contributed by atoms with Crippen molar-refractivity contribution in [2.75, 3.05) is 44.7 Å². The lowest BCUT2D eigenvalue weighted by atomic mass is 10.2. The van der Waals surface area contributed by atoms with E-state index in [0.29, 0.717) is 4.99 Å². The van der Waals surface area contributed by atoms with Gasteiger partial charge in [-0.1, -0.05) is 24.4 Å². The predicted octanol–water partition coefficient (Wildman–Crippen LogP) is 1.88. The third-order valence-electron chi connectivity index (χ3n) is 3.70. The molecular formula is C15H23N3OS. The second-order valence-electron chi connectivity index (χ2n) is 5.07. The number of nitrogens with two attached hydrogens (primary N) is 1. The summed E-state index contributed by atoms with van der Waals surface area (Å²) in [4.78, 5) is 5.49. The van der Waals surface area contributed by atoms with Crippen molar-refractivity contribution in [3.8, 4) is 5.75 Å². The van der Waals surface area contributed by atoms with E-state index in [2.05, 4.69) is 21.9 Å². The minimum absolute atomic E-state index is 0.623. The van der Waals surface area contributed by atoms with Crippen LogP contribution in [-0.2, 0) is 0 Å². The third-order valence-corrected chi connectivity index (χ3v) is 3.90. The predicted molar refractivity (Wildman–Crippen MR) is 87.7 cm³/mol. The molecule has 1 fully saturated rings. The van der Waals surface area contributed by atoms with Gasteiger partial charge in [0.25, 0.3) is 0 Å². The van der Waals surface area contributed by atoms with Crippen molar-refractivity contribution in [1.29, 1.82) is 0 Å². The van der Waals surface area contributed by atoms with Crippen LogP contribution in [0.2, 0.25) is 0 Å². The zero-order chi connectivity index (χ0) is 14.4. The van der Waals surface area contributed by atoms with Crippen LogP contribution in [-0.4, -0.2) is 49.7 Å². The summed E-state index contributed by atoms with van der Waals surface area (Å²) in [6.45, 7) is 5.31. The quantitative estimate of drug-likeness (QED) is 0.811. The Balaban J connectivity index is 1.83. The summed E-state index contributed by atoms with van der Waals surface area (Å²) in [6, 6.07) is 8.21. The van der Waals surface area contributed by atoms with Crippen molar-refractivity contribution in [2.45, 2.75) is 12.8 Å². The molecule has 0 amide bonds. The Labute approximate surface area is 126 Å². The standard InChI is InChI=1S/C15H23N3OS/c1-19-14-6-3-2-5-13(14)18-11-9-17(10-12-18)8-4-7-15(16)20/h2-3,5-6H,4,7-12H2,1H3,(H2,16,20). The van der Waals surface area contributed by atoms with Crippen molar-refractivity contribution in [2.24, 2.45) is 5.73 Å². The number of hydrogen-bond donors (Lipinski definition) is 1. The van der Waals surface area contributed by atoms with Crippen LogP contribution >= 0.6 is 12.2 Å². The van der Waals surface area contributed by atoms with Gasteiger partial charge in [0.05, 0.1) is 17.8 Å². The zero-order valence-corrected chi connectivity index (χ0v) is 12.9. The molecule has 0 saturated carbocycles. The Morgan fingerprint density at radius 3 is 2.60 bits per heavy atom. The summed E-state index contributed by atoms with van der Waals surface area (Å²) in [5.74, 6) is 0.953. The number of hydrogen-bond acceptors (Lipinski definition) is 4. The number of anilines is 1. The van der Waals surface area contributed by atoms with Gasteiger partial charge >= 0.3 is 0 Å². The summed E-state index contributed by atoms with van der Waals surface area (Å²) in [5.41, 5.74) is 6.72. The van der Waals surface area contributed by atoms with E-state index in [1.54, 1.807) is 7.11 Å². The molecule has 0 unspecified atom stereocenters. The van der Waals surface area contributed by atoms with Gasteiger partial charge in [0.15, 0.2) is 0 Å². The maximum Gasteiger partial charge on any atom is 0.142 e. The Morgan fingerprint density at radius 1 is 1.25 bits per heavy atom. The van der Waals surface area contributed by atoms with E-state index in [1.165, 1.54) is 5.69 Å². The molecule has 1 saturated heterocycles. The Morgan fingerprint density at radius 2 is 1.95 bits per heavy atom. The highest BCUT2D eigenvalue weighted by atomic mass is 32.1. The van der Waals surface area contributed by atoms with Crippen LogP contribution in [0.4, 0.5) is 5.69 Å². The van der Waals surface area contributed by atoms with E-state index in [9.17, 15) is 0 Å². The van der Waals surface area contributed by atoms with Gasteiger partial charge in [-0.25, -0.2) is 0 Å². The Bertz CT molecular complexity index is 444. The fourth-order valence-electron chi connectivity index (χ4n) is 2.58. The number of piperazine rings is 1.